The molecule has 0 aliphatic carbocycles. The average Bonchev–Trinajstić information content (AvgIpc) is 2.28. The molecule has 0 saturated carbocycles. The first-order chi connectivity index (χ1) is 7.92. The zero-order valence-corrected chi connectivity index (χ0v) is 11.8. The van der Waals surface area contributed by atoms with Crippen molar-refractivity contribution in [3.63, 3.8) is 0 Å². The van der Waals surface area contributed by atoms with Crippen LogP contribution in [-0.2, 0) is 6.42 Å². The van der Waals surface area contributed by atoms with E-state index in [4.69, 9.17) is 5.84 Å². The summed E-state index contributed by atoms with van der Waals surface area (Å²) in [6.07, 6.45) is 2.11. The van der Waals surface area contributed by atoms with Crippen molar-refractivity contribution in [2.75, 3.05) is 0 Å². The average molecular weight is 234 g/mol. The molecular formula is C15H26N2. The van der Waals surface area contributed by atoms with Crippen LogP contribution in [0.4, 0.5) is 0 Å². The summed E-state index contributed by atoms with van der Waals surface area (Å²) in [5.41, 5.74) is 7.35. The monoisotopic (exact) mass is 234 g/mol. The first kappa shape index (κ1) is 14.2. The molecule has 0 aliphatic heterocycles. The molecule has 0 aromatic heterocycles. The van der Waals surface area contributed by atoms with E-state index in [0.717, 1.165) is 12.8 Å². The Morgan fingerprint density at radius 1 is 1.24 bits per heavy atom. The van der Waals surface area contributed by atoms with Crippen LogP contribution in [0.25, 0.3) is 0 Å². The summed E-state index contributed by atoms with van der Waals surface area (Å²) in [5.74, 6) is 5.73. The van der Waals surface area contributed by atoms with Crippen molar-refractivity contribution in [2.24, 2.45) is 11.3 Å². The second-order valence-electron chi connectivity index (χ2n) is 5.64. The highest BCUT2D eigenvalue weighted by Crippen LogP contribution is 2.28. The summed E-state index contributed by atoms with van der Waals surface area (Å²) in [5, 5.41) is 0. The molecule has 0 saturated heterocycles. The lowest BCUT2D eigenvalue weighted by Crippen LogP contribution is -2.47. The Kier molecular flexibility index (Phi) is 4.72. The summed E-state index contributed by atoms with van der Waals surface area (Å²) in [4.78, 5) is 0. The number of hydrazine groups is 1. The maximum Gasteiger partial charge on any atom is 0.0302 e. The lowest BCUT2D eigenvalue weighted by Gasteiger charge is -2.33. The van der Waals surface area contributed by atoms with Crippen LogP contribution in [0.5, 0.6) is 0 Å². The number of benzene rings is 1. The third-order valence-corrected chi connectivity index (χ3v) is 4.11. The summed E-state index contributed by atoms with van der Waals surface area (Å²) in [6, 6.07) is 6.78. The largest absolute Gasteiger partial charge is 0.271 e. The molecule has 2 nitrogen and oxygen atoms in total. The Labute approximate surface area is 106 Å². The van der Waals surface area contributed by atoms with Gasteiger partial charge in [0.15, 0.2) is 0 Å². The van der Waals surface area contributed by atoms with E-state index in [1.165, 1.54) is 16.7 Å². The zero-order chi connectivity index (χ0) is 13.1. The molecule has 0 spiro atoms. The van der Waals surface area contributed by atoms with Crippen molar-refractivity contribution in [1.82, 2.24) is 5.43 Å². The Balaban J connectivity index is 2.96. The van der Waals surface area contributed by atoms with Gasteiger partial charge >= 0.3 is 0 Å². The summed E-state index contributed by atoms with van der Waals surface area (Å²) >= 11 is 0. The van der Waals surface area contributed by atoms with E-state index >= 15 is 0 Å². The number of aryl methyl sites for hydroxylation is 2. The molecule has 1 aromatic carbocycles. The molecule has 0 heterocycles. The van der Waals surface area contributed by atoms with E-state index in [1.807, 2.05) is 0 Å². The molecule has 96 valence electrons. The van der Waals surface area contributed by atoms with Gasteiger partial charge in [-0.25, -0.2) is 0 Å². The fraction of sp³-hybridized carbons (Fsp3) is 0.600. The SMILES string of the molecule is CCC(C)(C)C(Cc1c(C)cccc1C)NN. The molecule has 1 aromatic rings. The fourth-order valence-corrected chi connectivity index (χ4v) is 2.18. The number of nitrogens with two attached hydrogens (primary N) is 1. The first-order valence-corrected chi connectivity index (χ1v) is 6.43. The predicted octanol–water partition coefficient (Wildman–Crippen LogP) is 3.11. The van der Waals surface area contributed by atoms with Crippen LogP contribution in [0.2, 0.25) is 0 Å². The molecule has 3 N–H and O–H groups in total. The molecule has 1 atom stereocenters. The highest BCUT2D eigenvalue weighted by atomic mass is 15.2. The molecule has 0 bridgehead atoms. The molecule has 0 fully saturated rings. The van der Waals surface area contributed by atoms with E-state index in [9.17, 15) is 0 Å². The first-order valence-electron chi connectivity index (χ1n) is 6.43. The van der Waals surface area contributed by atoms with Crippen molar-refractivity contribution >= 4 is 0 Å². The minimum Gasteiger partial charge on any atom is -0.271 e. The molecular weight excluding hydrogens is 208 g/mol. The maximum atomic E-state index is 5.73. The van der Waals surface area contributed by atoms with Crippen molar-refractivity contribution in [2.45, 2.75) is 53.5 Å². The van der Waals surface area contributed by atoms with Crippen LogP contribution in [0, 0.1) is 19.3 Å². The van der Waals surface area contributed by atoms with Crippen LogP contribution in [0.3, 0.4) is 0 Å². The van der Waals surface area contributed by atoms with Crippen LogP contribution in [0.1, 0.15) is 43.9 Å². The zero-order valence-electron chi connectivity index (χ0n) is 11.8. The molecule has 17 heavy (non-hydrogen) atoms. The van der Waals surface area contributed by atoms with Gasteiger partial charge in [0.1, 0.15) is 0 Å². The van der Waals surface area contributed by atoms with E-state index in [2.05, 4.69) is 58.2 Å². The maximum absolute atomic E-state index is 5.73. The second kappa shape index (κ2) is 5.65. The van der Waals surface area contributed by atoms with Gasteiger partial charge in [-0.15, -0.1) is 0 Å². The van der Waals surface area contributed by atoms with Gasteiger partial charge in [0.05, 0.1) is 0 Å². The molecule has 0 aliphatic rings. The van der Waals surface area contributed by atoms with Crippen molar-refractivity contribution < 1.29 is 0 Å². The van der Waals surface area contributed by atoms with E-state index in [-0.39, 0.29) is 5.41 Å². The number of hydrogen-bond donors (Lipinski definition) is 2. The minimum absolute atomic E-state index is 0.212. The van der Waals surface area contributed by atoms with Gasteiger partial charge in [0.25, 0.3) is 0 Å². The molecule has 0 amide bonds. The van der Waals surface area contributed by atoms with Gasteiger partial charge in [-0.1, -0.05) is 39.0 Å². The Morgan fingerprint density at radius 3 is 2.18 bits per heavy atom. The summed E-state index contributed by atoms with van der Waals surface area (Å²) < 4.78 is 0. The van der Waals surface area contributed by atoms with Crippen LogP contribution < -0.4 is 11.3 Å². The quantitative estimate of drug-likeness (QED) is 0.607. The van der Waals surface area contributed by atoms with Gasteiger partial charge in [-0.3, -0.25) is 11.3 Å². The number of hydrogen-bond acceptors (Lipinski definition) is 2. The molecule has 1 rings (SSSR count). The Morgan fingerprint density at radius 2 is 1.76 bits per heavy atom. The van der Waals surface area contributed by atoms with Gasteiger partial charge in [-0.05, 0) is 48.8 Å². The molecule has 0 radical (unpaired) electrons. The van der Waals surface area contributed by atoms with Crippen LogP contribution >= 0.6 is 0 Å². The minimum atomic E-state index is 0.212. The van der Waals surface area contributed by atoms with Crippen molar-refractivity contribution in [1.29, 1.82) is 0 Å². The second-order valence-corrected chi connectivity index (χ2v) is 5.64. The highest BCUT2D eigenvalue weighted by molar-refractivity contribution is 5.34. The standard InChI is InChI=1S/C15H26N2/c1-6-15(4,5)14(17-16)10-13-11(2)8-7-9-12(13)3/h7-9,14,17H,6,10,16H2,1-5H3. The topological polar surface area (TPSA) is 38.0 Å². The van der Waals surface area contributed by atoms with E-state index < -0.39 is 0 Å². The third kappa shape index (κ3) is 3.30. The van der Waals surface area contributed by atoms with Gasteiger partial charge in [-0.2, -0.15) is 0 Å². The molecule has 2 heteroatoms. The predicted molar refractivity (Wildman–Crippen MR) is 74.8 cm³/mol. The third-order valence-electron chi connectivity index (χ3n) is 4.11. The van der Waals surface area contributed by atoms with Crippen LogP contribution in [0.15, 0.2) is 18.2 Å². The lowest BCUT2D eigenvalue weighted by molar-refractivity contribution is 0.231. The Bertz CT molecular complexity index is 349. The van der Waals surface area contributed by atoms with Crippen LogP contribution in [-0.4, -0.2) is 6.04 Å². The number of rotatable bonds is 5. The summed E-state index contributed by atoms with van der Waals surface area (Å²) in [6.45, 7) is 11.1. The Hall–Kier alpha value is -0.860. The lowest BCUT2D eigenvalue weighted by atomic mass is 9.78. The van der Waals surface area contributed by atoms with Crippen molar-refractivity contribution in [3.05, 3.63) is 34.9 Å². The normalized spacial score (nSPS) is 13.8. The van der Waals surface area contributed by atoms with E-state index in [0.29, 0.717) is 6.04 Å². The number of nitrogens with one attached hydrogen (secondary N) is 1. The van der Waals surface area contributed by atoms with Gasteiger partial charge in [0.2, 0.25) is 0 Å². The van der Waals surface area contributed by atoms with E-state index in [1.54, 1.807) is 0 Å². The van der Waals surface area contributed by atoms with Crippen molar-refractivity contribution in [3.8, 4) is 0 Å². The summed E-state index contributed by atoms with van der Waals surface area (Å²) in [7, 11) is 0. The van der Waals surface area contributed by atoms with Gasteiger partial charge in [0, 0.05) is 6.04 Å². The highest BCUT2D eigenvalue weighted by Gasteiger charge is 2.27. The fourth-order valence-electron chi connectivity index (χ4n) is 2.18. The smallest absolute Gasteiger partial charge is 0.0302 e. The molecule has 1 unspecified atom stereocenters. The van der Waals surface area contributed by atoms with Gasteiger partial charge < -0.3 is 0 Å².